The van der Waals surface area contributed by atoms with Gasteiger partial charge in [0.1, 0.15) is 0 Å². The van der Waals surface area contributed by atoms with Gasteiger partial charge in [0.25, 0.3) is 5.60 Å². The van der Waals surface area contributed by atoms with E-state index >= 15 is 0 Å². The number of alkyl halides is 6. The van der Waals surface area contributed by atoms with Crippen LogP contribution >= 0.6 is 0 Å². The van der Waals surface area contributed by atoms with E-state index in [-0.39, 0.29) is 0 Å². The van der Waals surface area contributed by atoms with Gasteiger partial charge in [0.2, 0.25) is 0 Å². The number of rotatable bonds is 6. The van der Waals surface area contributed by atoms with E-state index in [0.29, 0.717) is 23.3 Å². The summed E-state index contributed by atoms with van der Waals surface area (Å²) in [6.07, 6.45) is -8.24. The Hall–Kier alpha value is -2.95. The molecule has 2 heterocycles. The molecular weight excluding hydrogens is 496 g/mol. The van der Waals surface area contributed by atoms with Crippen LogP contribution < -0.4 is 0 Å². The van der Waals surface area contributed by atoms with E-state index in [9.17, 15) is 31.4 Å². The van der Waals surface area contributed by atoms with Crippen LogP contribution in [0.15, 0.2) is 67.0 Å². The second-order valence-corrected chi connectivity index (χ2v) is 9.33. The lowest BCUT2D eigenvalue weighted by molar-refractivity contribution is -0.376. The van der Waals surface area contributed by atoms with Crippen LogP contribution in [-0.4, -0.2) is 58.4 Å². The summed E-state index contributed by atoms with van der Waals surface area (Å²) < 4.78 is 78.8. The van der Waals surface area contributed by atoms with Crippen LogP contribution in [0.5, 0.6) is 0 Å². The lowest BCUT2D eigenvalue weighted by atomic mass is 9.90. The van der Waals surface area contributed by atoms with Gasteiger partial charge in [0.15, 0.2) is 0 Å². The third kappa shape index (κ3) is 5.81. The first-order chi connectivity index (χ1) is 17.4. The molecule has 4 rings (SSSR count). The number of aliphatic hydroxyl groups is 1. The number of piperazine rings is 1. The lowest BCUT2D eigenvalue weighted by Gasteiger charge is -2.35. The van der Waals surface area contributed by atoms with Crippen molar-refractivity contribution >= 4 is 0 Å². The summed E-state index contributed by atoms with van der Waals surface area (Å²) in [5.41, 5.74) is -1.78. The maximum Gasteiger partial charge on any atom is 0.430 e. The molecule has 2 aromatic carbocycles. The van der Waals surface area contributed by atoms with Crippen molar-refractivity contribution < 1.29 is 31.4 Å². The molecule has 1 aliphatic heterocycles. The van der Waals surface area contributed by atoms with E-state index in [4.69, 9.17) is 0 Å². The highest BCUT2D eigenvalue weighted by Crippen LogP contribution is 2.50. The fourth-order valence-electron chi connectivity index (χ4n) is 4.54. The average molecular weight is 524 g/mol. The van der Waals surface area contributed by atoms with E-state index < -0.39 is 23.5 Å². The van der Waals surface area contributed by atoms with E-state index in [1.807, 2.05) is 31.2 Å². The minimum Gasteiger partial charge on any atom is -0.369 e. The molecule has 0 saturated carbocycles. The number of pyridine rings is 1. The third-order valence-corrected chi connectivity index (χ3v) is 6.81. The number of aromatic nitrogens is 1. The Morgan fingerprint density at radius 3 is 1.76 bits per heavy atom. The Kier molecular flexibility index (Phi) is 7.64. The van der Waals surface area contributed by atoms with Crippen LogP contribution in [0.25, 0.3) is 11.1 Å². The Morgan fingerprint density at radius 2 is 1.24 bits per heavy atom. The fraction of sp³-hybridized carbons (Fsp3) is 0.370. The molecule has 4 nitrogen and oxygen atoms in total. The SMILES string of the molecule is Cc1cc(-c2ccc(C(O)(C(F)(F)F)C(F)(F)F)cc2)ccc1CN1CCN(Cc2ccncc2)CC1. The number of aryl methyl sites for hydroxylation is 1. The normalized spacial score (nSPS) is 16.2. The molecular formula is C27H27F6N3O. The summed E-state index contributed by atoms with van der Waals surface area (Å²) in [7, 11) is 0. The zero-order chi connectivity index (χ0) is 26.8. The quantitative estimate of drug-likeness (QED) is 0.422. The monoisotopic (exact) mass is 523 g/mol. The standard InChI is InChI=1S/C27H27F6N3O/c1-19-16-22(21-4-6-24(7-5-21)25(37,26(28,29)30)27(31,32)33)2-3-23(19)18-36-14-12-35(13-15-36)17-20-8-10-34-11-9-20/h2-11,16,37H,12-15,17-18H2,1H3. The van der Waals surface area contributed by atoms with Crippen LogP contribution in [0, 0.1) is 6.92 Å². The number of hydrogen-bond donors (Lipinski definition) is 1. The van der Waals surface area contributed by atoms with Gasteiger partial charge >= 0.3 is 12.4 Å². The van der Waals surface area contributed by atoms with Crippen LogP contribution in [0.2, 0.25) is 0 Å². The molecule has 0 bridgehead atoms. The number of halogens is 6. The molecule has 1 aromatic heterocycles. The van der Waals surface area contributed by atoms with Crippen molar-refractivity contribution in [2.45, 2.75) is 38.0 Å². The number of benzene rings is 2. The highest BCUT2D eigenvalue weighted by Gasteiger charge is 2.71. The highest BCUT2D eigenvalue weighted by molar-refractivity contribution is 5.65. The fourth-order valence-corrected chi connectivity index (χ4v) is 4.54. The zero-order valence-corrected chi connectivity index (χ0v) is 20.2. The molecule has 0 radical (unpaired) electrons. The van der Waals surface area contributed by atoms with Gasteiger partial charge in [-0.25, -0.2) is 0 Å². The molecule has 10 heteroatoms. The molecule has 0 spiro atoms. The first-order valence-corrected chi connectivity index (χ1v) is 11.8. The molecule has 3 aromatic rings. The minimum atomic E-state index is -5.91. The molecule has 0 amide bonds. The first kappa shape index (κ1) is 27.1. The summed E-state index contributed by atoms with van der Waals surface area (Å²) in [6.45, 7) is 7.26. The van der Waals surface area contributed by atoms with Gasteiger partial charge in [0, 0.05) is 57.2 Å². The van der Waals surface area contributed by atoms with E-state index in [1.165, 1.54) is 5.56 Å². The van der Waals surface area contributed by atoms with Crippen molar-refractivity contribution in [1.29, 1.82) is 0 Å². The molecule has 198 valence electrons. The molecule has 1 aliphatic rings. The average Bonchev–Trinajstić information content (AvgIpc) is 2.85. The molecule has 0 unspecified atom stereocenters. The van der Waals surface area contributed by atoms with Crippen LogP contribution in [0.1, 0.15) is 22.3 Å². The van der Waals surface area contributed by atoms with Gasteiger partial charge in [-0.1, -0.05) is 42.5 Å². The van der Waals surface area contributed by atoms with Gasteiger partial charge < -0.3 is 5.11 Å². The van der Waals surface area contributed by atoms with Gasteiger partial charge in [-0.05, 0) is 46.9 Å². The Bertz CT molecular complexity index is 1170. The number of hydrogen-bond acceptors (Lipinski definition) is 4. The molecule has 0 aliphatic carbocycles. The van der Waals surface area contributed by atoms with Gasteiger partial charge in [0.05, 0.1) is 0 Å². The van der Waals surface area contributed by atoms with Crippen molar-refractivity contribution in [3.63, 3.8) is 0 Å². The maximum absolute atomic E-state index is 13.1. The summed E-state index contributed by atoms with van der Waals surface area (Å²) in [4.78, 5) is 8.79. The molecule has 37 heavy (non-hydrogen) atoms. The molecule has 1 saturated heterocycles. The summed E-state index contributed by atoms with van der Waals surface area (Å²) >= 11 is 0. The Morgan fingerprint density at radius 1 is 0.730 bits per heavy atom. The minimum absolute atomic E-state index is 0.454. The van der Waals surface area contributed by atoms with Gasteiger partial charge in [-0.3, -0.25) is 14.8 Å². The molecule has 0 atom stereocenters. The van der Waals surface area contributed by atoms with Gasteiger partial charge in [-0.2, -0.15) is 26.3 Å². The van der Waals surface area contributed by atoms with Crippen molar-refractivity contribution in [3.8, 4) is 11.1 Å². The van der Waals surface area contributed by atoms with Crippen molar-refractivity contribution in [2.24, 2.45) is 0 Å². The van der Waals surface area contributed by atoms with Crippen LogP contribution in [0.4, 0.5) is 26.3 Å². The summed E-state index contributed by atoms with van der Waals surface area (Å²) in [5, 5.41) is 9.58. The smallest absolute Gasteiger partial charge is 0.369 e. The third-order valence-electron chi connectivity index (χ3n) is 6.81. The van der Waals surface area contributed by atoms with Crippen molar-refractivity contribution in [1.82, 2.24) is 14.8 Å². The first-order valence-electron chi connectivity index (χ1n) is 11.8. The second kappa shape index (κ2) is 10.4. The molecule has 1 N–H and O–H groups in total. The predicted octanol–water partition coefficient (Wildman–Crippen LogP) is 5.69. The highest BCUT2D eigenvalue weighted by atomic mass is 19.4. The Balaban J connectivity index is 1.41. The van der Waals surface area contributed by atoms with E-state index in [1.54, 1.807) is 18.5 Å². The van der Waals surface area contributed by atoms with Gasteiger partial charge in [-0.15, -0.1) is 0 Å². The molecule has 1 fully saturated rings. The second-order valence-electron chi connectivity index (χ2n) is 9.33. The zero-order valence-electron chi connectivity index (χ0n) is 20.2. The maximum atomic E-state index is 13.1. The predicted molar refractivity (Wildman–Crippen MR) is 127 cm³/mol. The Labute approximate surface area is 211 Å². The van der Waals surface area contributed by atoms with Crippen molar-refractivity contribution in [2.75, 3.05) is 26.2 Å². The summed E-state index contributed by atoms with van der Waals surface area (Å²) in [6, 6.07) is 13.3. The van der Waals surface area contributed by atoms with E-state index in [2.05, 4.69) is 14.8 Å². The number of nitrogens with zero attached hydrogens (tertiary/aromatic N) is 3. The largest absolute Gasteiger partial charge is 0.430 e. The van der Waals surface area contributed by atoms with Crippen molar-refractivity contribution in [3.05, 3.63) is 89.2 Å². The topological polar surface area (TPSA) is 39.6 Å². The summed E-state index contributed by atoms with van der Waals surface area (Å²) in [5.74, 6) is 0. The van der Waals surface area contributed by atoms with Crippen LogP contribution in [-0.2, 0) is 18.7 Å². The lowest BCUT2D eigenvalue weighted by Crippen LogP contribution is -2.53. The van der Waals surface area contributed by atoms with E-state index in [0.717, 1.165) is 62.5 Å². The van der Waals surface area contributed by atoms with Crippen LogP contribution in [0.3, 0.4) is 0 Å².